The number of methoxy groups -OCH3 is 1. The van der Waals surface area contributed by atoms with Crippen LogP contribution in [0.5, 0.6) is 11.5 Å². The van der Waals surface area contributed by atoms with Crippen LogP contribution in [-0.4, -0.2) is 33.9 Å². The van der Waals surface area contributed by atoms with E-state index in [0.29, 0.717) is 21.5 Å². The molecule has 0 atom stereocenters. The third-order valence-electron chi connectivity index (χ3n) is 4.50. The number of carbonyl (C=O) groups is 1. The summed E-state index contributed by atoms with van der Waals surface area (Å²) >= 11 is 1.43. The molecule has 0 spiro atoms. The molecule has 4 aromatic rings. The van der Waals surface area contributed by atoms with Gasteiger partial charge in [-0.1, -0.05) is 30.3 Å². The second kappa shape index (κ2) is 8.80. The van der Waals surface area contributed by atoms with Gasteiger partial charge in [0.1, 0.15) is 11.4 Å². The lowest BCUT2D eigenvalue weighted by Gasteiger charge is -2.04. The minimum atomic E-state index is -0.469. The molecule has 4 rings (SSSR count). The molecule has 0 aliphatic heterocycles. The third kappa shape index (κ3) is 4.46. The van der Waals surface area contributed by atoms with Gasteiger partial charge < -0.3 is 9.84 Å². The maximum Gasteiger partial charge on any atom is 0.262 e. The molecule has 9 heteroatoms. The van der Waals surface area contributed by atoms with Gasteiger partial charge in [0.05, 0.1) is 25.0 Å². The quantitative estimate of drug-likeness (QED) is 0.359. The van der Waals surface area contributed by atoms with Crippen molar-refractivity contribution in [1.29, 1.82) is 0 Å². The lowest BCUT2D eigenvalue weighted by Crippen LogP contribution is -2.29. The number of ether oxygens (including phenoxy) is 1. The predicted molar refractivity (Wildman–Crippen MR) is 120 cm³/mol. The van der Waals surface area contributed by atoms with Crippen molar-refractivity contribution < 1.29 is 14.6 Å². The molecule has 2 aromatic heterocycles. The number of rotatable bonds is 6. The summed E-state index contributed by atoms with van der Waals surface area (Å²) in [7, 11) is 1.44. The first-order chi connectivity index (χ1) is 15.0. The summed E-state index contributed by atoms with van der Waals surface area (Å²) in [6.07, 6.45) is 2.78. The molecule has 156 valence electrons. The Kier molecular flexibility index (Phi) is 5.76. The molecule has 0 saturated heterocycles. The fraction of sp³-hybridized carbons (Fsp3) is 0.0909. The SMILES string of the molecule is COc1cc(/C=N\NC(=O)Cn2cnc3sc(-c4ccccc4)cc3c2=O)ccc1O. The van der Waals surface area contributed by atoms with Gasteiger partial charge in [-0.2, -0.15) is 5.10 Å². The normalized spacial score (nSPS) is 11.1. The number of benzene rings is 2. The van der Waals surface area contributed by atoms with Gasteiger partial charge in [0.15, 0.2) is 11.5 Å². The van der Waals surface area contributed by atoms with Crippen molar-refractivity contribution in [2.75, 3.05) is 7.11 Å². The second-order valence-electron chi connectivity index (χ2n) is 6.60. The van der Waals surface area contributed by atoms with Crippen LogP contribution < -0.4 is 15.7 Å². The van der Waals surface area contributed by atoms with Gasteiger partial charge in [-0.3, -0.25) is 14.2 Å². The summed E-state index contributed by atoms with van der Waals surface area (Å²) in [5.74, 6) is -0.162. The van der Waals surface area contributed by atoms with Crippen molar-refractivity contribution in [3.63, 3.8) is 0 Å². The Bertz CT molecular complexity index is 1330. The number of aromatic hydroxyl groups is 1. The molecular formula is C22H18N4O4S. The smallest absolute Gasteiger partial charge is 0.262 e. The highest BCUT2D eigenvalue weighted by atomic mass is 32.1. The van der Waals surface area contributed by atoms with Gasteiger partial charge >= 0.3 is 0 Å². The van der Waals surface area contributed by atoms with Crippen molar-refractivity contribution in [1.82, 2.24) is 15.0 Å². The number of hydrogen-bond donors (Lipinski definition) is 2. The lowest BCUT2D eigenvalue weighted by atomic mass is 10.2. The number of hydrazone groups is 1. The minimum Gasteiger partial charge on any atom is -0.504 e. The maximum atomic E-state index is 12.8. The molecule has 8 nitrogen and oxygen atoms in total. The standard InChI is InChI=1S/C22H18N4O4S/c1-30-18-9-14(7-8-17(18)27)11-24-25-20(28)12-26-13-23-21-16(22(26)29)10-19(31-21)15-5-3-2-4-6-15/h2-11,13,27H,12H2,1H3,(H,25,28)/b24-11-. The number of hydrogen-bond acceptors (Lipinski definition) is 7. The first-order valence-corrected chi connectivity index (χ1v) is 10.1. The van der Waals surface area contributed by atoms with Crippen LogP contribution in [0.4, 0.5) is 0 Å². The van der Waals surface area contributed by atoms with Crippen LogP contribution in [0.15, 0.2) is 70.8 Å². The Morgan fingerprint density at radius 1 is 1.26 bits per heavy atom. The zero-order valence-electron chi connectivity index (χ0n) is 16.5. The summed E-state index contributed by atoms with van der Waals surface area (Å²) in [4.78, 5) is 30.9. The summed E-state index contributed by atoms with van der Waals surface area (Å²) in [6.45, 7) is -0.214. The van der Waals surface area contributed by atoms with E-state index in [1.165, 1.54) is 41.6 Å². The summed E-state index contributed by atoms with van der Waals surface area (Å²) in [5.41, 5.74) is 3.73. The predicted octanol–water partition coefficient (Wildman–Crippen LogP) is 2.99. The van der Waals surface area contributed by atoms with Crippen LogP contribution in [0, 0.1) is 0 Å². The Hall–Kier alpha value is -3.98. The zero-order chi connectivity index (χ0) is 21.8. The number of phenolic OH excluding ortho intramolecular Hbond substituents is 1. The molecule has 2 aromatic carbocycles. The molecule has 2 N–H and O–H groups in total. The van der Waals surface area contributed by atoms with E-state index in [0.717, 1.165) is 10.4 Å². The largest absolute Gasteiger partial charge is 0.504 e. The van der Waals surface area contributed by atoms with E-state index in [1.54, 1.807) is 18.2 Å². The van der Waals surface area contributed by atoms with Crippen LogP contribution in [-0.2, 0) is 11.3 Å². The van der Waals surface area contributed by atoms with Crippen LogP contribution >= 0.6 is 11.3 Å². The van der Waals surface area contributed by atoms with Crippen molar-refractivity contribution in [2.24, 2.45) is 5.10 Å². The Morgan fingerprint density at radius 3 is 2.84 bits per heavy atom. The van der Waals surface area contributed by atoms with Gasteiger partial charge in [-0.05, 0) is 35.4 Å². The molecule has 0 saturated carbocycles. The molecule has 2 heterocycles. The van der Waals surface area contributed by atoms with E-state index in [4.69, 9.17) is 4.74 Å². The van der Waals surface area contributed by atoms with E-state index >= 15 is 0 Å². The molecule has 0 radical (unpaired) electrons. The average Bonchev–Trinajstić information content (AvgIpc) is 3.23. The number of phenols is 1. The Labute approximate surface area is 181 Å². The zero-order valence-corrected chi connectivity index (χ0v) is 17.3. The van der Waals surface area contributed by atoms with Gasteiger partial charge in [0.2, 0.25) is 0 Å². The van der Waals surface area contributed by atoms with Gasteiger partial charge in [-0.15, -0.1) is 11.3 Å². The number of aromatic nitrogens is 2. The summed E-state index contributed by atoms with van der Waals surface area (Å²) in [6, 6.07) is 16.2. The molecule has 31 heavy (non-hydrogen) atoms. The fourth-order valence-corrected chi connectivity index (χ4v) is 3.96. The van der Waals surface area contributed by atoms with Gasteiger partial charge in [-0.25, -0.2) is 10.4 Å². The highest BCUT2D eigenvalue weighted by molar-refractivity contribution is 7.21. The Balaban J connectivity index is 1.47. The first-order valence-electron chi connectivity index (χ1n) is 9.28. The number of fused-ring (bicyclic) bond motifs is 1. The number of amides is 1. The molecule has 0 bridgehead atoms. The van der Waals surface area contributed by atoms with Crippen LogP contribution in [0.25, 0.3) is 20.7 Å². The van der Waals surface area contributed by atoms with Crippen LogP contribution in [0.3, 0.4) is 0 Å². The van der Waals surface area contributed by atoms with Crippen molar-refractivity contribution in [2.45, 2.75) is 6.54 Å². The molecule has 1 amide bonds. The monoisotopic (exact) mass is 434 g/mol. The first kappa shape index (κ1) is 20.3. The van der Waals surface area contributed by atoms with E-state index in [-0.39, 0.29) is 17.9 Å². The minimum absolute atomic E-state index is 0.00908. The summed E-state index contributed by atoms with van der Waals surface area (Å²) in [5, 5.41) is 14.0. The second-order valence-corrected chi connectivity index (χ2v) is 7.63. The molecule has 0 aliphatic carbocycles. The number of thiophene rings is 1. The highest BCUT2D eigenvalue weighted by Gasteiger charge is 2.12. The fourth-order valence-electron chi connectivity index (χ4n) is 2.96. The van der Waals surface area contributed by atoms with E-state index < -0.39 is 5.91 Å². The van der Waals surface area contributed by atoms with Crippen molar-refractivity contribution in [3.05, 3.63) is 76.8 Å². The van der Waals surface area contributed by atoms with Crippen LogP contribution in [0.1, 0.15) is 5.56 Å². The maximum absolute atomic E-state index is 12.8. The number of carbonyl (C=O) groups excluding carboxylic acids is 1. The molecular weight excluding hydrogens is 416 g/mol. The lowest BCUT2D eigenvalue weighted by molar-refractivity contribution is -0.121. The van der Waals surface area contributed by atoms with Crippen molar-refractivity contribution in [3.8, 4) is 21.9 Å². The molecule has 0 aliphatic rings. The molecule has 0 fully saturated rings. The Morgan fingerprint density at radius 2 is 2.06 bits per heavy atom. The van der Waals surface area contributed by atoms with Gasteiger partial charge in [0.25, 0.3) is 11.5 Å². The van der Waals surface area contributed by atoms with E-state index in [2.05, 4.69) is 15.5 Å². The highest BCUT2D eigenvalue weighted by Crippen LogP contribution is 2.30. The van der Waals surface area contributed by atoms with Crippen LogP contribution in [0.2, 0.25) is 0 Å². The number of nitrogens with one attached hydrogen (secondary N) is 1. The number of nitrogens with zero attached hydrogens (tertiary/aromatic N) is 3. The van der Waals surface area contributed by atoms with Gasteiger partial charge in [0, 0.05) is 4.88 Å². The topological polar surface area (TPSA) is 106 Å². The average molecular weight is 434 g/mol. The summed E-state index contributed by atoms with van der Waals surface area (Å²) < 4.78 is 6.28. The van der Waals surface area contributed by atoms with E-state index in [1.807, 2.05) is 30.3 Å². The van der Waals surface area contributed by atoms with Crippen molar-refractivity contribution >= 4 is 33.7 Å². The molecule has 0 unspecified atom stereocenters. The third-order valence-corrected chi connectivity index (χ3v) is 5.59. The van der Waals surface area contributed by atoms with E-state index in [9.17, 15) is 14.7 Å².